The maximum absolute atomic E-state index is 11.9. The van der Waals surface area contributed by atoms with Crippen molar-refractivity contribution < 1.29 is 13.2 Å². The number of hydrogen-bond donors (Lipinski definition) is 1. The fourth-order valence-electron chi connectivity index (χ4n) is 1.15. The highest BCUT2D eigenvalue weighted by Gasteiger charge is 2.12. The number of nitrogens with two attached hydrogens (primary N) is 1. The smallest absolute Gasteiger partial charge is 0.181 e. The topological polar surface area (TPSA) is 77.2 Å². The molecule has 0 aliphatic carbocycles. The van der Waals surface area contributed by atoms with Crippen LogP contribution in [0, 0.1) is 0 Å². The number of ketones is 1. The molecule has 1 rings (SSSR count). The number of Topliss-reactive ketones (excluding diaryl/α,β-unsaturated/α-hetero) is 1. The first-order valence-corrected chi connectivity index (χ1v) is 6.74. The van der Waals surface area contributed by atoms with Gasteiger partial charge in [0.1, 0.15) is 0 Å². The van der Waals surface area contributed by atoms with E-state index in [4.69, 9.17) is 5.73 Å². The average Bonchev–Trinajstić information content (AvgIpc) is 2.26. The zero-order chi connectivity index (χ0) is 13.1. The molecule has 0 fully saturated rings. The summed E-state index contributed by atoms with van der Waals surface area (Å²) in [5.41, 5.74) is 6.44. The second kappa shape index (κ2) is 5.14. The lowest BCUT2D eigenvalue weighted by atomic mass is 10.2. The van der Waals surface area contributed by atoms with Crippen molar-refractivity contribution in [1.82, 2.24) is 0 Å². The first kappa shape index (κ1) is 13.4. The van der Waals surface area contributed by atoms with Crippen LogP contribution >= 0.6 is 0 Å². The number of allylic oxidation sites excluding steroid dienone is 1. The summed E-state index contributed by atoms with van der Waals surface area (Å²) < 4.78 is 23.7. The van der Waals surface area contributed by atoms with Gasteiger partial charge in [-0.25, -0.2) is 8.42 Å². The third kappa shape index (κ3) is 3.71. The molecule has 0 unspecified atom stereocenters. The minimum absolute atomic E-state index is 0.127. The monoisotopic (exact) mass is 253 g/mol. The zero-order valence-corrected chi connectivity index (χ0v) is 10.6. The Kier molecular flexibility index (Phi) is 4.07. The summed E-state index contributed by atoms with van der Waals surface area (Å²) in [6, 6.07) is 5.99. The van der Waals surface area contributed by atoms with Crippen LogP contribution in [-0.2, 0) is 14.6 Å². The van der Waals surface area contributed by atoms with Crippen LogP contribution in [0.15, 0.2) is 40.8 Å². The Bertz CT molecular complexity index is 542. The van der Waals surface area contributed by atoms with Crippen LogP contribution in [0.2, 0.25) is 0 Å². The third-order valence-electron chi connectivity index (χ3n) is 2.40. The van der Waals surface area contributed by atoms with Crippen molar-refractivity contribution in [1.29, 1.82) is 0 Å². The summed E-state index contributed by atoms with van der Waals surface area (Å²) >= 11 is 0. The van der Waals surface area contributed by atoms with Crippen LogP contribution in [-0.4, -0.2) is 20.0 Å². The molecule has 0 bridgehead atoms. The van der Waals surface area contributed by atoms with Gasteiger partial charge in [-0.2, -0.15) is 0 Å². The molecule has 0 radical (unpaired) electrons. The van der Waals surface area contributed by atoms with Crippen molar-refractivity contribution in [2.24, 2.45) is 0 Å². The molecule has 0 aromatic heterocycles. The number of sulfone groups is 1. The fourth-order valence-corrected chi connectivity index (χ4v) is 2.36. The molecule has 0 saturated heterocycles. The van der Waals surface area contributed by atoms with Crippen molar-refractivity contribution >= 4 is 21.3 Å². The molecule has 0 atom stereocenters. The number of rotatable bonds is 4. The van der Waals surface area contributed by atoms with Crippen LogP contribution in [0.5, 0.6) is 0 Å². The minimum atomic E-state index is -3.39. The molecule has 92 valence electrons. The lowest BCUT2D eigenvalue weighted by Gasteiger charge is -2.02. The summed E-state index contributed by atoms with van der Waals surface area (Å²) in [5.74, 6) is -0.306. The van der Waals surface area contributed by atoms with Gasteiger partial charge in [-0.3, -0.25) is 4.79 Å². The molecular formula is C12H15NO3S. The van der Waals surface area contributed by atoms with Crippen molar-refractivity contribution in [2.45, 2.75) is 18.7 Å². The van der Waals surface area contributed by atoms with Gasteiger partial charge in [-0.1, -0.05) is 6.08 Å². The maximum Gasteiger partial charge on any atom is 0.181 e. The molecule has 1 aromatic carbocycles. The second-order valence-corrected chi connectivity index (χ2v) is 5.83. The zero-order valence-electron chi connectivity index (χ0n) is 9.80. The van der Waals surface area contributed by atoms with E-state index in [9.17, 15) is 13.2 Å². The van der Waals surface area contributed by atoms with Gasteiger partial charge < -0.3 is 5.73 Å². The number of anilines is 1. The lowest BCUT2D eigenvalue weighted by molar-refractivity contribution is -0.113. The molecular weight excluding hydrogens is 238 g/mol. The lowest BCUT2D eigenvalue weighted by Crippen LogP contribution is -2.06. The van der Waals surface area contributed by atoms with Crippen LogP contribution in [0.3, 0.4) is 0 Å². The Morgan fingerprint density at radius 1 is 1.24 bits per heavy atom. The van der Waals surface area contributed by atoms with Crippen LogP contribution < -0.4 is 5.73 Å². The molecule has 0 aliphatic rings. The highest BCUT2D eigenvalue weighted by molar-refractivity contribution is 7.91. The number of benzene rings is 1. The van der Waals surface area contributed by atoms with Gasteiger partial charge >= 0.3 is 0 Å². The van der Waals surface area contributed by atoms with Gasteiger partial charge in [0.15, 0.2) is 15.6 Å². The van der Waals surface area contributed by atoms with Crippen molar-refractivity contribution in [2.75, 3.05) is 11.5 Å². The van der Waals surface area contributed by atoms with Crippen LogP contribution in [0.1, 0.15) is 13.8 Å². The fraction of sp³-hybridized carbons (Fsp3) is 0.250. The normalized spacial score (nSPS) is 12.5. The van der Waals surface area contributed by atoms with Crippen molar-refractivity contribution in [3.8, 4) is 0 Å². The Morgan fingerprint density at radius 3 is 2.24 bits per heavy atom. The summed E-state index contributed by atoms with van der Waals surface area (Å²) in [6.45, 7) is 3.00. The SMILES string of the molecule is CC(=O)/C(C)=C/CS(=O)(=O)c1ccc(N)cc1. The molecule has 0 spiro atoms. The highest BCUT2D eigenvalue weighted by atomic mass is 32.2. The summed E-state index contributed by atoms with van der Waals surface area (Å²) in [5, 5.41) is 0. The number of carbonyl (C=O) groups excluding carboxylic acids is 1. The van der Waals surface area contributed by atoms with Crippen molar-refractivity contribution in [3.05, 3.63) is 35.9 Å². The van der Waals surface area contributed by atoms with Gasteiger partial charge in [-0.05, 0) is 43.7 Å². The third-order valence-corrected chi connectivity index (χ3v) is 4.00. The van der Waals surface area contributed by atoms with Gasteiger partial charge in [0.2, 0.25) is 0 Å². The van der Waals surface area contributed by atoms with E-state index in [2.05, 4.69) is 0 Å². The van der Waals surface area contributed by atoms with E-state index >= 15 is 0 Å². The Labute approximate surface area is 101 Å². The van der Waals surface area contributed by atoms with E-state index in [-0.39, 0.29) is 16.4 Å². The predicted octanol–water partition coefficient (Wildman–Crippen LogP) is 1.58. The van der Waals surface area contributed by atoms with Crippen LogP contribution in [0.4, 0.5) is 5.69 Å². The quantitative estimate of drug-likeness (QED) is 0.652. The number of nitrogen functional groups attached to an aromatic ring is 1. The van der Waals surface area contributed by atoms with E-state index < -0.39 is 9.84 Å². The van der Waals surface area contributed by atoms with E-state index in [0.717, 1.165) is 0 Å². The van der Waals surface area contributed by atoms with Gasteiger partial charge in [0.25, 0.3) is 0 Å². The second-order valence-electron chi connectivity index (χ2n) is 3.79. The molecule has 2 N–H and O–H groups in total. The molecule has 0 amide bonds. The summed E-state index contributed by atoms with van der Waals surface area (Å²) in [6.07, 6.45) is 1.42. The standard InChI is InChI=1S/C12H15NO3S/c1-9(10(2)14)7-8-17(15,16)12-5-3-11(13)4-6-12/h3-7H,8,13H2,1-2H3/b9-7+. The van der Waals surface area contributed by atoms with E-state index in [1.54, 1.807) is 6.92 Å². The van der Waals surface area contributed by atoms with E-state index in [1.165, 1.54) is 37.3 Å². The highest BCUT2D eigenvalue weighted by Crippen LogP contribution is 2.14. The summed E-state index contributed by atoms with van der Waals surface area (Å²) in [4.78, 5) is 11.2. The molecule has 0 saturated carbocycles. The van der Waals surface area contributed by atoms with Gasteiger partial charge in [-0.15, -0.1) is 0 Å². The van der Waals surface area contributed by atoms with Crippen molar-refractivity contribution in [3.63, 3.8) is 0 Å². The van der Waals surface area contributed by atoms with E-state index in [0.29, 0.717) is 11.3 Å². The Hall–Kier alpha value is -1.62. The largest absolute Gasteiger partial charge is 0.399 e. The molecule has 5 heteroatoms. The molecule has 4 nitrogen and oxygen atoms in total. The Morgan fingerprint density at radius 2 is 1.76 bits per heavy atom. The maximum atomic E-state index is 11.9. The molecule has 1 aromatic rings. The molecule has 17 heavy (non-hydrogen) atoms. The van der Waals surface area contributed by atoms with Crippen LogP contribution in [0.25, 0.3) is 0 Å². The molecule has 0 heterocycles. The summed E-state index contributed by atoms with van der Waals surface area (Å²) in [7, 11) is -3.39. The Balaban J connectivity index is 2.94. The number of hydrogen-bond acceptors (Lipinski definition) is 4. The predicted molar refractivity (Wildman–Crippen MR) is 67.3 cm³/mol. The minimum Gasteiger partial charge on any atom is -0.399 e. The average molecular weight is 253 g/mol. The van der Waals surface area contributed by atoms with Gasteiger partial charge in [0.05, 0.1) is 10.6 Å². The first-order chi connectivity index (χ1) is 7.83. The van der Waals surface area contributed by atoms with Gasteiger partial charge in [0, 0.05) is 5.69 Å². The van der Waals surface area contributed by atoms with E-state index in [1.807, 2.05) is 0 Å². The first-order valence-electron chi connectivity index (χ1n) is 5.09. The number of carbonyl (C=O) groups is 1. The molecule has 0 aliphatic heterocycles.